The predicted octanol–water partition coefficient (Wildman–Crippen LogP) is 3.93. The standard InChI is InChI=1S/C18H12ClF3N4O2/c19-14-6-5-11(7-13(14)18(20,21)22)25-16(27)17(28)26-24-9-10-8-23-15-4-2-1-3-12(10)15/h1-9,23H,(H,25,27)(H,26,28)/b24-9-. The van der Waals surface area contributed by atoms with Gasteiger partial charge in [0, 0.05) is 28.4 Å². The zero-order valence-corrected chi connectivity index (χ0v) is 14.7. The molecular weight excluding hydrogens is 397 g/mol. The molecule has 3 rings (SSSR count). The lowest BCUT2D eigenvalue weighted by Crippen LogP contribution is -2.32. The molecule has 3 aromatic rings. The third kappa shape index (κ3) is 4.32. The normalized spacial score (nSPS) is 11.7. The molecule has 6 nitrogen and oxygen atoms in total. The van der Waals surface area contributed by atoms with Crippen molar-refractivity contribution in [2.75, 3.05) is 5.32 Å². The number of anilines is 1. The Morgan fingerprint density at radius 3 is 2.61 bits per heavy atom. The molecule has 144 valence electrons. The van der Waals surface area contributed by atoms with Gasteiger partial charge in [-0.15, -0.1) is 0 Å². The first kappa shape index (κ1) is 19.4. The number of amides is 2. The number of rotatable bonds is 3. The van der Waals surface area contributed by atoms with E-state index in [2.05, 4.69) is 15.4 Å². The Balaban J connectivity index is 1.64. The van der Waals surface area contributed by atoms with Crippen molar-refractivity contribution in [1.82, 2.24) is 10.4 Å². The van der Waals surface area contributed by atoms with Crippen molar-refractivity contribution in [2.24, 2.45) is 5.10 Å². The van der Waals surface area contributed by atoms with Gasteiger partial charge in [-0.1, -0.05) is 29.8 Å². The second kappa shape index (κ2) is 7.73. The first-order valence-electron chi connectivity index (χ1n) is 7.83. The second-order valence-electron chi connectivity index (χ2n) is 5.64. The van der Waals surface area contributed by atoms with Gasteiger partial charge >= 0.3 is 18.0 Å². The van der Waals surface area contributed by atoms with Crippen LogP contribution < -0.4 is 10.7 Å². The van der Waals surface area contributed by atoms with Gasteiger partial charge in [-0.3, -0.25) is 9.59 Å². The summed E-state index contributed by atoms with van der Waals surface area (Å²) in [5, 5.41) is 6.11. The summed E-state index contributed by atoms with van der Waals surface area (Å²) in [4.78, 5) is 26.7. The first-order valence-corrected chi connectivity index (χ1v) is 8.21. The number of fused-ring (bicyclic) bond motifs is 1. The molecular formula is C18H12ClF3N4O2. The number of carbonyl (C=O) groups is 2. The average molecular weight is 409 g/mol. The summed E-state index contributed by atoms with van der Waals surface area (Å²) >= 11 is 5.51. The highest BCUT2D eigenvalue weighted by atomic mass is 35.5. The van der Waals surface area contributed by atoms with E-state index >= 15 is 0 Å². The third-order valence-corrected chi connectivity index (χ3v) is 4.06. The molecule has 2 aromatic carbocycles. The number of nitrogens with one attached hydrogen (secondary N) is 3. The van der Waals surface area contributed by atoms with Crippen LogP contribution in [0.2, 0.25) is 5.02 Å². The largest absolute Gasteiger partial charge is 0.417 e. The van der Waals surface area contributed by atoms with Gasteiger partial charge in [0.15, 0.2) is 0 Å². The maximum Gasteiger partial charge on any atom is 0.417 e. The van der Waals surface area contributed by atoms with E-state index in [1.807, 2.05) is 29.7 Å². The van der Waals surface area contributed by atoms with E-state index in [1.165, 1.54) is 6.21 Å². The van der Waals surface area contributed by atoms with Crippen LogP contribution in [0.3, 0.4) is 0 Å². The molecule has 28 heavy (non-hydrogen) atoms. The van der Waals surface area contributed by atoms with Crippen LogP contribution in [0.5, 0.6) is 0 Å². The molecule has 3 N–H and O–H groups in total. The number of alkyl halides is 3. The Morgan fingerprint density at radius 1 is 1.11 bits per heavy atom. The van der Waals surface area contributed by atoms with Gasteiger partial charge in [-0.2, -0.15) is 18.3 Å². The van der Waals surface area contributed by atoms with E-state index in [1.54, 1.807) is 6.20 Å². The number of hydrogen-bond donors (Lipinski definition) is 3. The van der Waals surface area contributed by atoms with Gasteiger partial charge < -0.3 is 10.3 Å². The fourth-order valence-corrected chi connectivity index (χ4v) is 2.64. The molecule has 10 heteroatoms. The van der Waals surface area contributed by atoms with Crippen molar-refractivity contribution in [3.8, 4) is 0 Å². The highest BCUT2D eigenvalue weighted by Gasteiger charge is 2.33. The summed E-state index contributed by atoms with van der Waals surface area (Å²) in [5.41, 5.74) is 2.23. The number of hydrazone groups is 1. The van der Waals surface area contributed by atoms with Crippen LogP contribution in [0.25, 0.3) is 10.9 Å². The van der Waals surface area contributed by atoms with E-state index in [9.17, 15) is 22.8 Å². The lowest BCUT2D eigenvalue weighted by molar-refractivity contribution is -0.137. The quantitative estimate of drug-likeness (QED) is 0.348. The Hall–Kier alpha value is -3.33. The fraction of sp³-hybridized carbons (Fsp3) is 0.0556. The molecule has 0 aliphatic rings. The van der Waals surface area contributed by atoms with Crippen LogP contribution in [0.15, 0.2) is 53.8 Å². The Morgan fingerprint density at radius 2 is 1.86 bits per heavy atom. The van der Waals surface area contributed by atoms with Crippen molar-refractivity contribution in [1.29, 1.82) is 0 Å². The summed E-state index contributed by atoms with van der Waals surface area (Å²) < 4.78 is 38.5. The lowest BCUT2D eigenvalue weighted by atomic mass is 10.2. The van der Waals surface area contributed by atoms with Crippen molar-refractivity contribution in [3.05, 3.63) is 64.8 Å². The summed E-state index contributed by atoms with van der Waals surface area (Å²) in [7, 11) is 0. The zero-order valence-electron chi connectivity index (χ0n) is 14.0. The fourth-order valence-electron chi connectivity index (χ4n) is 2.42. The number of halogens is 4. The molecule has 0 radical (unpaired) electrons. The number of aromatic nitrogens is 1. The number of H-pyrrole nitrogens is 1. The summed E-state index contributed by atoms with van der Waals surface area (Å²) in [5.74, 6) is -2.31. The maximum absolute atomic E-state index is 12.8. The first-order chi connectivity index (χ1) is 13.3. The van der Waals surface area contributed by atoms with Crippen LogP contribution in [0.4, 0.5) is 18.9 Å². The van der Waals surface area contributed by atoms with E-state index < -0.39 is 28.6 Å². The molecule has 0 aliphatic carbocycles. The number of hydrogen-bond acceptors (Lipinski definition) is 3. The average Bonchev–Trinajstić information content (AvgIpc) is 3.05. The summed E-state index contributed by atoms with van der Waals surface area (Å²) in [6, 6.07) is 10.2. The molecule has 1 aromatic heterocycles. The van der Waals surface area contributed by atoms with Crippen molar-refractivity contribution < 1.29 is 22.8 Å². The molecule has 2 amide bonds. The molecule has 0 saturated carbocycles. The number of aromatic amines is 1. The summed E-state index contributed by atoms with van der Waals surface area (Å²) in [6.45, 7) is 0. The second-order valence-corrected chi connectivity index (χ2v) is 6.04. The predicted molar refractivity (Wildman–Crippen MR) is 99.1 cm³/mol. The minimum atomic E-state index is -4.69. The highest BCUT2D eigenvalue weighted by molar-refractivity contribution is 6.39. The van der Waals surface area contributed by atoms with E-state index in [-0.39, 0.29) is 5.69 Å². The molecule has 0 unspecified atom stereocenters. The summed E-state index contributed by atoms with van der Waals surface area (Å²) in [6.07, 6.45) is -1.68. The Bertz CT molecular complexity index is 1080. The number of nitrogens with zero attached hydrogens (tertiary/aromatic N) is 1. The maximum atomic E-state index is 12.8. The van der Waals surface area contributed by atoms with Crippen molar-refractivity contribution >= 4 is 46.2 Å². The smallest absolute Gasteiger partial charge is 0.361 e. The molecule has 0 bridgehead atoms. The van der Waals surface area contributed by atoms with Crippen LogP contribution in [-0.2, 0) is 15.8 Å². The van der Waals surface area contributed by atoms with Crippen LogP contribution in [0, 0.1) is 0 Å². The molecule has 0 spiro atoms. The minimum absolute atomic E-state index is 0.225. The molecule has 0 fully saturated rings. The Kier molecular flexibility index (Phi) is 5.36. The molecule has 0 saturated heterocycles. The lowest BCUT2D eigenvalue weighted by Gasteiger charge is -2.11. The van der Waals surface area contributed by atoms with Crippen LogP contribution in [-0.4, -0.2) is 23.0 Å². The SMILES string of the molecule is O=C(N/N=C\c1c[nH]c2ccccc12)C(=O)Nc1ccc(Cl)c(C(F)(F)F)c1. The van der Waals surface area contributed by atoms with Gasteiger partial charge in [-0.25, -0.2) is 5.43 Å². The number of benzene rings is 2. The Labute approximate surface area is 161 Å². The molecule has 0 aliphatic heterocycles. The van der Waals surface area contributed by atoms with Crippen LogP contribution >= 0.6 is 11.6 Å². The highest BCUT2D eigenvalue weighted by Crippen LogP contribution is 2.36. The van der Waals surface area contributed by atoms with Crippen LogP contribution in [0.1, 0.15) is 11.1 Å². The molecule has 0 atom stereocenters. The van der Waals surface area contributed by atoms with Crippen molar-refractivity contribution in [3.63, 3.8) is 0 Å². The number of carbonyl (C=O) groups excluding carboxylic acids is 2. The van der Waals surface area contributed by atoms with Gasteiger partial charge in [0.2, 0.25) is 0 Å². The van der Waals surface area contributed by atoms with E-state index in [0.717, 1.165) is 23.0 Å². The molecule has 1 heterocycles. The topological polar surface area (TPSA) is 86.3 Å². The monoisotopic (exact) mass is 408 g/mol. The van der Waals surface area contributed by atoms with Gasteiger partial charge in [0.1, 0.15) is 0 Å². The van der Waals surface area contributed by atoms with E-state index in [4.69, 9.17) is 11.6 Å². The van der Waals surface area contributed by atoms with Crippen molar-refractivity contribution in [2.45, 2.75) is 6.18 Å². The van der Waals surface area contributed by atoms with E-state index in [0.29, 0.717) is 11.6 Å². The zero-order chi connectivity index (χ0) is 20.3. The third-order valence-electron chi connectivity index (χ3n) is 3.73. The van der Waals surface area contributed by atoms with Gasteiger partial charge in [0.25, 0.3) is 0 Å². The van der Waals surface area contributed by atoms with Gasteiger partial charge in [-0.05, 0) is 24.3 Å². The number of para-hydroxylation sites is 1. The van der Waals surface area contributed by atoms with Gasteiger partial charge in [0.05, 0.1) is 16.8 Å². The minimum Gasteiger partial charge on any atom is -0.361 e.